The summed E-state index contributed by atoms with van der Waals surface area (Å²) in [5.74, 6) is 1.000. The molecule has 128 valence electrons. The topological polar surface area (TPSA) is 33.3 Å². The number of hydrogen-bond acceptors (Lipinski definition) is 2. The van der Waals surface area contributed by atoms with Gasteiger partial charge in [-0.1, -0.05) is 42.8 Å². The Hall–Kier alpha value is -2.07. The van der Waals surface area contributed by atoms with Gasteiger partial charge in [0.1, 0.15) is 5.75 Å². The van der Waals surface area contributed by atoms with E-state index in [-0.39, 0.29) is 0 Å². The highest BCUT2D eigenvalue weighted by Crippen LogP contribution is 2.19. The van der Waals surface area contributed by atoms with Gasteiger partial charge in [-0.3, -0.25) is 0 Å². The number of para-hydroxylation sites is 1. The summed E-state index contributed by atoms with van der Waals surface area (Å²) >= 11 is 5.34. The number of rotatable bonds is 8. The first-order chi connectivity index (χ1) is 11.7. The first kappa shape index (κ1) is 18.3. The van der Waals surface area contributed by atoms with E-state index in [1.54, 1.807) is 0 Å². The van der Waals surface area contributed by atoms with Gasteiger partial charge in [-0.2, -0.15) is 0 Å². The maximum Gasteiger partial charge on any atom is 0.170 e. The van der Waals surface area contributed by atoms with Gasteiger partial charge in [-0.25, -0.2) is 0 Å². The predicted molar refractivity (Wildman–Crippen MR) is 106 cm³/mol. The molecule has 4 heteroatoms. The summed E-state index contributed by atoms with van der Waals surface area (Å²) in [5, 5.41) is 7.12. The fourth-order valence-corrected chi connectivity index (χ4v) is 2.58. The number of anilines is 1. The highest BCUT2D eigenvalue weighted by atomic mass is 32.1. The van der Waals surface area contributed by atoms with E-state index in [2.05, 4.69) is 48.7 Å². The van der Waals surface area contributed by atoms with Crippen LogP contribution in [-0.2, 0) is 6.42 Å². The normalized spacial score (nSPS) is 10.2. The van der Waals surface area contributed by atoms with Gasteiger partial charge in [-0.15, -0.1) is 0 Å². The average Bonchev–Trinajstić information content (AvgIpc) is 2.60. The molecule has 0 saturated heterocycles. The van der Waals surface area contributed by atoms with E-state index in [1.165, 1.54) is 11.1 Å². The Morgan fingerprint density at radius 1 is 1.08 bits per heavy atom. The van der Waals surface area contributed by atoms with E-state index < -0.39 is 0 Å². The molecule has 0 aromatic heterocycles. The molecule has 2 aromatic rings. The van der Waals surface area contributed by atoms with Crippen molar-refractivity contribution in [3.05, 3.63) is 59.7 Å². The second kappa shape index (κ2) is 9.93. The largest absolute Gasteiger partial charge is 0.493 e. The van der Waals surface area contributed by atoms with Gasteiger partial charge in [0.25, 0.3) is 0 Å². The Morgan fingerprint density at radius 2 is 1.83 bits per heavy atom. The van der Waals surface area contributed by atoms with Crippen LogP contribution in [-0.4, -0.2) is 18.3 Å². The van der Waals surface area contributed by atoms with E-state index in [9.17, 15) is 0 Å². The van der Waals surface area contributed by atoms with Gasteiger partial charge in [0.15, 0.2) is 5.11 Å². The molecule has 0 fully saturated rings. The van der Waals surface area contributed by atoms with Crippen LogP contribution in [0.1, 0.15) is 30.9 Å². The molecule has 0 heterocycles. The minimum absolute atomic E-state index is 0.661. The third kappa shape index (κ3) is 6.20. The molecule has 2 aromatic carbocycles. The van der Waals surface area contributed by atoms with Gasteiger partial charge in [0.05, 0.1) is 6.61 Å². The van der Waals surface area contributed by atoms with Crippen molar-refractivity contribution in [1.82, 2.24) is 5.32 Å². The van der Waals surface area contributed by atoms with Gasteiger partial charge in [0, 0.05) is 12.2 Å². The summed E-state index contributed by atoms with van der Waals surface area (Å²) < 4.78 is 5.79. The molecular weight excluding hydrogens is 316 g/mol. The van der Waals surface area contributed by atoms with E-state index in [4.69, 9.17) is 17.0 Å². The zero-order chi connectivity index (χ0) is 17.2. The quantitative estimate of drug-likeness (QED) is 0.538. The number of benzene rings is 2. The molecule has 0 aliphatic heterocycles. The molecule has 0 unspecified atom stereocenters. The molecule has 0 spiro atoms. The molecule has 0 amide bonds. The second-order valence-corrected chi connectivity index (χ2v) is 6.21. The Labute approximate surface area is 150 Å². The average molecular weight is 343 g/mol. The molecule has 0 aliphatic carbocycles. The monoisotopic (exact) mass is 342 g/mol. The zero-order valence-electron chi connectivity index (χ0n) is 14.5. The van der Waals surface area contributed by atoms with Gasteiger partial charge < -0.3 is 15.4 Å². The van der Waals surface area contributed by atoms with Crippen molar-refractivity contribution in [2.45, 2.75) is 33.1 Å². The van der Waals surface area contributed by atoms with Crippen LogP contribution in [0.25, 0.3) is 0 Å². The first-order valence-corrected chi connectivity index (χ1v) is 8.92. The SMILES string of the molecule is CCCOc1ccccc1CCCNC(=S)Nc1ccc(C)cc1. The van der Waals surface area contributed by atoms with E-state index in [0.717, 1.165) is 43.9 Å². The first-order valence-electron chi connectivity index (χ1n) is 8.51. The lowest BCUT2D eigenvalue weighted by atomic mass is 10.1. The highest BCUT2D eigenvalue weighted by Gasteiger charge is 2.03. The van der Waals surface area contributed by atoms with Gasteiger partial charge in [0.2, 0.25) is 0 Å². The molecule has 0 radical (unpaired) electrons. The third-order valence-corrected chi connectivity index (χ3v) is 3.90. The highest BCUT2D eigenvalue weighted by molar-refractivity contribution is 7.80. The maximum atomic E-state index is 5.79. The molecule has 0 saturated carbocycles. The lowest BCUT2D eigenvalue weighted by molar-refractivity contribution is 0.314. The smallest absolute Gasteiger partial charge is 0.170 e. The summed E-state index contributed by atoms with van der Waals surface area (Å²) in [4.78, 5) is 0. The molecule has 0 bridgehead atoms. The summed E-state index contributed by atoms with van der Waals surface area (Å²) in [6.45, 7) is 5.79. The lowest BCUT2D eigenvalue weighted by Crippen LogP contribution is -2.29. The Bertz CT molecular complexity index is 640. The van der Waals surface area contributed by atoms with Crippen LogP contribution < -0.4 is 15.4 Å². The summed E-state index contributed by atoms with van der Waals surface area (Å²) in [6, 6.07) is 16.5. The van der Waals surface area contributed by atoms with Crippen molar-refractivity contribution >= 4 is 23.0 Å². The molecule has 0 atom stereocenters. The Balaban J connectivity index is 1.72. The summed E-state index contributed by atoms with van der Waals surface area (Å²) in [7, 11) is 0. The van der Waals surface area contributed by atoms with E-state index in [1.807, 2.05) is 24.3 Å². The van der Waals surface area contributed by atoms with Crippen molar-refractivity contribution < 1.29 is 4.74 Å². The van der Waals surface area contributed by atoms with E-state index >= 15 is 0 Å². The van der Waals surface area contributed by atoms with Crippen molar-refractivity contribution in [1.29, 1.82) is 0 Å². The van der Waals surface area contributed by atoms with Crippen molar-refractivity contribution in [3.8, 4) is 5.75 Å². The van der Waals surface area contributed by atoms with Crippen LogP contribution in [0.3, 0.4) is 0 Å². The maximum absolute atomic E-state index is 5.79. The number of hydrogen-bond donors (Lipinski definition) is 2. The van der Waals surface area contributed by atoms with Crippen molar-refractivity contribution in [2.75, 3.05) is 18.5 Å². The van der Waals surface area contributed by atoms with Gasteiger partial charge >= 0.3 is 0 Å². The van der Waals surface area contributed by atoms with Crippen LogP contribution in [0.5, 0.6) is 5.75 Å². The lowest BCUT2D eigenvalue weighted by Gasteiger charge is -2.12. The van der Waals surface area contributed by atoms with Crippen LogP contribution in [0.4, 0.5) is 5.69 Å². The molecule has 3 nitrogen and oxygen atoms in total. The van der Waals surface area contributed by atoms with Crippen molar-refractivity contribution in [2.24, 2.45) is 0 Å². The minimum atomic E-state index is 0.661. The molecular formula is C20H26N2OS. The number of thiocarbonyl (C=S) groups is 1. The molecule has 2 rings (SSSR count). The second-order valence-electron chi connectivity index (χ2n) is 5.81. The zero-order valence-corrected chi connectivity index (χ0v) is 15.3. The molecule has 0 aliphatic rings. The molecule has 2 N–H and O–H groups in total. The molecule has 24 heavy (non-hydrogen) atoms. The van der Waals surface area contributed by atoms with E-state index in [0.29, 0.717) is 5.11 Å². The summed E-state index contributed by atoms with van der Waals surface area (Å²) in [6.07, 6.45) is 3.00. The fraction of sp³-hybridized carbons (Fsp3) is 0.350. The standard InChI is InChI=1S/C20H26N2OS/c1-3-15-23-19-9-5-4-7-17(19)8-6-14-21-20(24)22-18-12-10-16(2)11-13-18/h4-5,7,9-13H,3,6,8,14-15H2,1-2H3,(H2,21,22,24). The van der Waals surface area contributed by atoms with Crippen LogP contribution in [0.15, 0.2) is 48.5 Å². The Morgan fingerprint density at radius 3 is 2.58 bits per heavy atom. The van der Waals surface area contributed by atoms with Gasteiger partial charge in [-0.05, 0) is 62.2 Å². The number of aryl methyl sites for hydroxylation is 2. The van der Waals surface area contributed by atoms with Crippen LogP contribution in [0.2, 0.25) is 0 Å². The predicted octanol–water partition coefficient (Wildman–Crippen LogP) is 4.70. The minimum Gasteiger partial charge on any atom is -0.493 e. The number of nitrogens with one attached hydrogen (secondary N) is 2. The fourth-order valence-electron chi connectivity index (χ4n) is 2.36. The van der Waals surface area contributed by atoms with Crippen molar-refractivity contribution in [3.63, 3.8) is 0 Å². The number of ether oxygens (including phenoxy) is 1. The Kier molecular flexibility index (Phi) is 7.56. The summed E-state index contributed by atoms with van der Waals surface area (Å²) in [5.41, 5.74) is 3.50. The third-order valence-electron chi connectivity index (χ3n) is 3.65. The van der Waals surface area contributed by atoms with Crippen LogP contribution in [0, 0.1) is 6.92 Å². The van der Waals surface area contributed by atoms with Crippen LogP contribution >= 0.6 is 12.2 Å².